The van der Waals surface area contributed by atoms with Crippen LogP contribution < -0.4 is 10.1 Å². The maximum atomic E-state index is 13.8. The van der Waals surface area contributed by atoms with Gasteiger partial charge in [0, 0.05) is 34.3 Å². The minimum absolute atomic E-state index is 0.00950. The number of dihydropyridines is 1. The molecule has 0 bridgehead atoms. The first kappa shape index (κ1) is 25.4. The fraction of sp³-hybridized carbons (Fsp3) is 0.400. The molecule has 37 heavy (non-hydrogen) atoms. The molecule has 7 heteroatoms. The van der Waals surface area contributed by atoms with Gasteiger partial charge < -0.3 is 19.9 Å². The first-order valence-electron chi connectivity index (χ1n) is 13.0. The maximum Gasteiger partial charge on any atom is 0.337 e. The molecule has 0 radical (unpaired) electrons. The highest BCUT2D eigenvalue weighted by Crippen LogP contribution is 2.47. The SMILES string of the molecule is CCOc1cc([C@@H]2C(C(=O)OC3CCCC3)=C(C)NC3=C2C(=O)C[C@H](c2ccc(Cl)cc2)C3)ccc1O. The third-order valence-corrected chi connectivity index (χ3v) is 7.83. The number of phenols is 1. The first-order chi connectivity index (χ1) is 17.9. The molecule has 194 valence electrons. The highest BCUT2D eigenvalue weighted by atomic mass is 35.5. The third-order valence-electron chi connectivity index (χ3n) is 7.58. The number of carbonyl (C=O) groups is 2. The fourth-order valence-electron chi connectivity index (χ4n) is 5.82. The Bertz CT molecular complexity index is 1270. The molecule has 0 aromatic heterocycles. The molecular formula is C30H32ClNO5. The zero-order valence-corrected chi connectivity index (χ0v) is 21.9. The van der Waals surface area contributed by atoms with E-state index < -0.39 is 11.9 Å². The minimum Gasteiger partial charge on any atom is -0.504 e. The number of ether oxygens (including phenoxy) is 2. The number of phenolic OH excluding ortho intramolecular Hbond substituents is 1. The third kappa shape index (κ3) is 5.12. The van der Waals surface area contributed by atoms with E-state index in [9.17, 15) is 14.7 Å². The lowest BCUT2D eigenvalue weighted by Gasteiger charge is -2.37. The van der Waals surface area contributed by atoms with Crippen molar-refractivity contribution in [1.82, 2.24) is 5.32 Å². The lowest BCUT2D eigenvalue weighted by molar-refractivity contribution is -0.144. The predicted octanol–water partition coefficient (Wildman–Crippen LogP) is 6.29. The fourth-order valence-corrected chi connectivity index (χ4v) is 5.94. The molecule has 2 aromatic rings. The molecule has 0 spiro atoms. The van der Waals surface area contributed by atoms with Gasteiger partial charge >= 0.3 is 5.97 Å². The van der Waals surface area contributed by atoms with Crippen LogP contribution in [-0.2, 0) is 14.3 Å². The predicted molar refractivity (Wildman–Crippen MR) is 142 cm³/mol. The number of nitrogens with one attached hydrogen (secondary N) is 1. The summed E-state index contributed by atoms with van der Waals surface area (Å²) in [5.74, 6) is -0.666. The van der Waals surface area contributed by atoms with E-state index in [1.807, 2.05) is 38.1 Å². The van der Waals surface area contributed by atoms with Gasteiger partial charge in [0.1, 0.15) is 6.10 Å². The molecule has 2 aromatic carbocycles. The highest BCUT2D eigenvalue weighted by molar-refractivity contribution is 6.30. The standard InChI is InChI=1S/C30H32ClNO5/c1-3-36-26-16-19(10-13-24(26)33)28-27(30(35)37-22-6-4-5-7-22)17(2)32-23-14-20(15-25(34)29(23)28)18-8-11-21(31)12-9-18/h8-13,16,20,22,28,32-33H,3-7,14-15H2,1-2H3/t20-,28-/m1/s1. The van der Waals surface area contributed by atoms with Crippen LogP contribution >= 0.6 is 11.6 Å². The molecule has 1 fully saturated rings. The second-order valence-electron chi connectivity index (χ2n) is 10.0. The summed E-state index contributed by atoms with van der Waals surface area (Å²) in [4.78, 5) is 27.4. The average Bonchev–Trinajstić information content (AvgIpc) is 3.38. The number of ketones is 1. The molecule has 2 atom stereocenters. The molecule has 2 N–H and O–H groups in total. The number of halogens is 1. The number of rotatable bonds is 6. The summed E-state index contributed by atoms with van der Waals surface area (Å²) in [7, 11) is 0. The van der Waals surface area contributed by atoms with Crippen molar-refractivity contribution in [2.45, 2.75) is 70.3 Å². The summed E-state index contributed by atoms with van der Waals surface area (Å²) in [6, 6.07) is 12.7. The first-order valence-corrected chi connectivity index (χ1v) is 13.4. The molecule has 0 amide bonds. The van der Waals surface area contributed by atoms with Gasteiger partial charge in [-0.05, 0) is 87.3 Å². The van der Waals surface area contributed by atoms with E-state index in [1.165, 1.54) is 0 Å². The smallest absolute Gasteiger partial charge is 0.337 e. The van der Waals surface area contributed by atoms with Crippen LogP contribution in [0.5, 0.6) is 11.5 Å². The Labute approximate surface area is 222 Å². The Kier molecular flexibility index (Phi) is 7.29. The van der Waals surface area contributed by atoms with Crippen molar-refractivity contribution in [3.05, 3.63) is 81.2 Å². The molecule has 0 saturated heterocycles. The zero-order chi connectivity index (χ0) is 26.1. The topological polar surface area (TPSA) is 84.9 Å². The average molecular weight is 522 g/mol. The molecule has 1 saturated carbocycles. The maximum absolute atomic E-state index is 13.8. The van der Waals surface area contributed by atoms with E-state index in [-0.39, 0.29) is 23.6 Å². The van der Waals surface area contributed by atoms with Crippen molar-refractivity contribution in [3.63, 3.8) is 0 Å². The van der Waals surface area contributed by atoms with Gasteiger partial charge in [0.2, 0.25) is 0 Å². The summed E-state index contributed by atoms with van der Waals surface area (Å²) >= 11 is 6.08. The number of Topliss-reactive ketones (excluding diaryl/α,β-unsaturated/α-hetero) is 1. The Hall–Kier alpha value is -3.25. The summed E-state index contributed by atoms with van der Waals surface area (Å²) in [5.41, 5.74) is 4.30. The summed E-state index contributed by atoms with van der Waals surface area (Å²) in [6.45, 7) is 4.08. The number of hydrogen-bond acceptors (Lipinski definition) is 6. The lowest BCUT2D eigenvalue weighted by atomic mass is 9.71. The van der Waals surface area contributed by atoms with E-state index in [1.54, 1.807) is 18.2 Å². The van der Waals surface area contributed by atoms with Crippen molar-refractivity contribution in [3.8, 4) is 11.5 Å². The van der Waals surface area contributed by atoms with Gasteiger partial charge in [0.25, 0.3) is 0 Å². The summed E-state index contributed by atoms with van der Waals surface area (Å²) in [6.07, 6.45) is 4.69. The second kappa shape index (κ2) is 10.6. The number of hydrogen-bond donors (Lipinski definition) is 2. The number of aromatic hydroxyl groups is 1. The molecule has 2 aliphatic carbocycles. The van der Waals surface area contributed by atoms with Crippen LogP contribution in [-0.4, -0.2) is 29.6 Å². The van der Waals surface area contributed by atoms with Gasteiger partial charge in [-0.1, -0.05) is 29.8 Å². The van der Waals surface area contributed by atoms with Crippen LogP contribution in [0, 0.1) is 0 Å². The van der Waals surface area contributed by atoms with Crippen LogP contribution in [0.25, 0.3) is 0 Å². The largest absolute Gasteiger partial charge is 0.504 e. The molecule has 6 nitrogen and oxygen atoms in total. The number of esters is 1. The molecule has 1 aliphatic heterocycles. The Balaban J connectivity index is 1.56. The number of carbonyl (C=O) groups excluding carboxylic acids is 2. The molecule has 3 aliphatic rings. The van der Waals surface area contributed by atoms with E-state index in [4.69, 9.17) is 21.1 Å². The summed E-state index contributed by atoms with van der Waals surface area (Å²) < 4.78 is 11.6. The number of allylic oxidation sites excluding steroid dienone is 3. The zero-order valence-electron chi connectivity index (χ0n) is 21.2. The normalized spacial score (nSPS) is 22.1. The Morgan fingerprint density at radius 3 is 2.49 bits per heavy atom. The highest BCUT2D eigenvalue weighted by Gasteiger charge is 2.42. The van der Waals surface area contributed by atoms with Crippen LogP contribution in [0.4, 0.5) is 0 Å². The van der Waals surface area contributed by atoms with Gasteiger partial charge in [-0.2, -0.15) is 0 Å². The van der Waals surface area contributed by atoms with E-state index >= 15 is 0 Å². The van der Waals surface area contributed by atoms with E-state index in [0.717, 1.165) is 36.9 Å². The van der Waals surface area contributed by atoms with Gasteiger partial charge in [-0.15, -0.1) is 0 Å². The van der Waals surface area contributed by atoms with Crippen molar-refractivity contribution in [2.75, 3.05) is 6.61 Å². The monoisotopic (exact) mass is 521 g/mol. The number of benzene rings is 2. The second-order valence-corrected chi connectivity index (χ2v) is 10.5. The molecule has 1 heterocycles. The van der Waals surface area contributed by atoms with Crippen LogP contribution in [0.2, 0.25) is 5.02 Å². The van der Waals surface area contributed by atoms with E-state index in [0.29, 0.717) is 52.6 Å². The van der Waals surface area contributed by atoms with Gasteiger partial charge in [0.15, 0.2) is 17.3 Å². The Morgan fingerprint density at radius 1 is 1.08 bits per heavy atom. The van der Waals surface area contributed by atoms with Crippen molar-refractivity contribution in [2.24, 2.45) is 0 Å². The Morgan fingerprint density at radius 2 is 1.78 bits per heavy atom. The minimum atomic E-state index is -0.608. The van der Waals surface area contributed by atoms with Crippen LogP contribution in [0.3, 0.4) is 0 Å². The van der Waals surface area contributed by atoms with Crippen molar-refractivity contribution in [1.29, 1.82) is 0 Å². The summed E-state index contributed by atoms with van der Waals surface area (Å²) in [5, 5.41) is 14.4. The van der Waals surface area contributed by atoms with Crippen LogP contribution in [0.15, 0.2) is 65.0 Å². The molecule has 5 rings (SSSR count). The molecular weight excluding hydrogens is 490 g/mol. The van der Waals surface area contributed by atoms with Gasteiger partial charge in [0.05, 0.1) is 12.2 Å². The van der Waals surface area contributed by atoms with Crippen molar-refractivity contribution < 1.29 is 24.2 Å². The van der Waals surface area contributed by atoms with Gasteiger partial charge in [-0.25, -0.2) is 4.79 Å². The van der Waals surface area contributed by atoms with Crippen molar-refractivity contribution >= 4 is 23.4 Å². The quantitative estimate of drug-likeness (QED) is 0.434. The van der Waals surface area contributed by atoms with E-state index in [2.05, 4.69) is 5.32 Å². The lowest BCUT2D eigenvalue weighted by Crippen LogP contribution is -2.36. The molecule has 0 unspecified atom stereocenters. The van der Waals surface area contributed by atoms with Crippen LogP contribution in [0.1, 0.15) is 75.3 Å². The van der Waals surface area contributed by atoms with Gasteiger partial charge in [-0.3, -0.25) is 4.79 Å².